The molecule has 0 saturated carbocycles. The summed E-state index contributed by atoms with van der Waals surface area (Å²) in [4.78, 5) is 13.4. The van der Waals surface area contributed by atoms with Crippen LogP contribution in [0.4, 0.5) is 0 Å². The molecule has 1 atom stereocenters. The Balaban J connectivity index is 1.64. The molecule has 3 heteroatoms. The number of hydrogen-bond donors (Lipinski definition) is 0. The Morgan fingerprint density at radius 3 is 2.15 bits per heavy atom. The van der Waals surface area contributed by atoms with Gasteiger partial charge in [0.05, 0.1) is 12.2 Å². The van der Waals surface area contributed by atoms with Crippen LogP contribution in [0.1, 0.15) is 100 Å². The van der Waals surface area contributed by atoms with Gasteiger partial charge in [-0.1, -0.05) is 119 Å². The van der Waals surface area contributed by atoms with Crippen molar-refractivity contribution in [3.63, 3.8) is 0 Å². The second-order valence-corrected chi connectivity index (χ2v) is 11.3. The normalized spacial score (nSPS) is 14.8. The summed E-state index contributed by atoms with van der Waals surface area (Å²) in [6.07, 6.45) is 15.1. The van der Waals surface area contributed by atoms with Crippen LogP contribution in [0, 0.1) is 5.92 Å². The van der Waals surface area contributed by atoms with E-state index in [0.29, 0.717) is 29.6 Å². The summed E-state index contributed by atoms with van der Waals surface area (Å²) in [7, 11) is 0. The summed E-state index contributed by atoms with van der Waals surface area (Å²) in [5, 5.41) is 0. The SMILES string of the molecule is C=C(C)[C@@H]1CC=C(c2c(-c3ccccc3)ccc(OCCCCCCCCCC)c2OC(=O)c2ccccc2)CC1. The molecule has 1 aliphatic carbocycles. The van der Waals surface area contributed by atoms with Gasteiger partial charge in [-0.2, -0.15) is 0 Å². The predicted octanol–water partition coefficient (Wildman–Crippen LogP) is 10.9. The minimum Gasteiger partial charge on any atom is -0.490 e. The van der Waals surface area contributed by atoms with Crippen LogP contribution >= 0.6 is 0 Å². The zero-order valence-corrected chi connectivity index (χ0v) is 25.0. The van der Waals surface area contributed by atoms with Crippen LogP contribution in [0.3, 0.4) is 0 Å². The molecule has 3 nitrogen and oxygen atoms in total. The minimum absolute atomic E-state index is 0.370. The van der Waals surface area contributed by atoms with Crippen LogP contribution in [0.15, 0.2) is 91.0 Å². The van der Waals surface area contributed by atoms with Crippen molar-refractivity contribution in [3.8, 4) is 22.6 Å². The molecule has 0 heterocycles. The predicted molar refractivity (Wildman–Crippen MR) is 172 cm³/mol. The number of benzene rings is 3. The molecule has 0 amide bonds. The van der Waals surface area contributed by atoms with Crippen LogP contribution in [0.25, 0.3) is 16.7 Å². The quantitative estimate of drug-likeness (QED) is 0.0817. The van der Waals surface area contributed by atoms with Crippen molar-refractivity contribution in [2.45, 2.75) is 84.5 Å². The van der Waals surface area contributed by atoms with Crippen molar-refractivity contribution in [2.24, 2.45) is 5.92 Å². The lowest BCUT2D eigenvalue weighted by atomic mass is 9.81. The van der Waals surface area contributed by atoms with Gasteiger partial charge < -0.3 is 9.47 Å². The van der Waals surface area contributed by atoms with Crippen molar-refractivity contribution in [1.82, 2.24) is 0 Å². The Labute approximate surface area is 247 Å². The average molecular weight is 551 g/mol. The molecule has 4 rings (SSSR count). The maximum atomic E-state index is 13.4. The first-order valence-corrected chi connectivity index (χ1v) is 15.6. The third-order valence-corrected chi connectivity index (χ3v) is 8.10. The number of unbranched alkanes of at least 4 members (excludes halogenated alkanes) is 7. The topological polar surface area (TPSA) is 35.5 Å². The second kappa shape index (κ2) is 16.0. The summed E-state index contributed by atoms with van der Waals surface area (Å²) in [5.41, 5.74) is 6.07. The molecule has 0 radical (unpaired) electrons. The van der Waals surface area contributed by atoms with Gasteiger partial charge in [0.1, 0.15) is 0 Å². The van der Waals surface area contributed by atoms with E-state index in [0.717, 1.165) is 48.8 Å². The van der Waals surface area contributed by atoms with Crippen molar-refractivity contribution < 1.29 is 14.3 Å². The fourth-order valence-electron chi connectivity index (χ4n) is 5.61. The van der Waals surface area contributed by atoms with Crippen LogP contribution < -0.4 is 9.47 Å². The molecule has 1 aliphatic rings. The highest BCUT2D eigenvalue weighted by Gasteiger charge is 2.26. The van der Waals surface area contributed by atoms with E-state index in [4.69, 9.17) is 9.47 Å². The fourth-order valence-corrected chi connectivity index (χ4v) is 5.61. The number of carbonyl (C=O) groups is 1. The number of allylic oxidation sites excluding steroid dienone is 3. The fraction of sp³-hybridized carbons (Fsp3) is 0.395. The zero-order chi connectivity index (χ0) is 28.9. The number of ether oxygens (including phenoxy) is 2. The van der Waals surface area contributed by atoms with Gasteiger partial charge in [0.15, 0.2) is 11.5 Å². The summed E-state index contributed by atoms with van der Waals surface area (Å²) in [5.74, 6) is 1.27. The maximum Gasteiger partial charge on any atom is 0.343 e. The van der Waals surface area contributed by atoms with Crippen LogP contribution in [0.2, 0.25) is 0 Å². The highest BCUT2D eigenvalue weighted by molar-refractivity contribution is 5.94. The van der Waals surface area contributed by atoms with E-state index in [1.165, 1.54) is 49.7 Å². The number of esters is 1. The number of hydrogen-bond acceptors (Lipinski definition) is 3. The second-order valence-electron chi connectivity index (χ2n) is 11.3. The van der Waals surface area contributed by atoms with E-state index in [1.54, 1.807) is 12.1 Å². The van der Waals surface area contributed by atoms with Crippen molar-refractivity contribution >= 4 is 11.5 Å². The van der Waals surface area contributed by atoms with Gasteiger partial charge in [-0.05, 0) is 79.5 Å². The highest BCUT2D eigenvalue weighted by Crippen LogP contribution is 2.46. The lowest BCUT2D eigenvalue weighted by Crippen LogP contribution is -2.13. The molecular weight excluding hydrogens is 504 g/mol. The molecule has 0 unspecified atom stereocenters. The molecule has 0 aromatic heterocycles. The Bertz CT molecular complexity index is 1290. The Kier molecular flexibility index (Phi) is 11.9. The first-order valence-electron chi connectivity index (χ1n) is 15.6. The maximum absolute atomic E-state index is 13.4. The zero-order valence-electron chi connectivity index (χ0n) is 25.0. The Hall–Kier alpha value is -3.59. The van der Waals surface area contributed by atoms with E-state index < -0.39 is 0 Å². The largest absolute Gasteiger partial charge is 0.490 e. The average Bonchev–Trinajstić information content (AvgIpc) is 3.01. The minimum atomic E-state index is -0.370. The number of carbonyl (C=O) groups excluding carboxylic acids is 1. The summed E-state index contributed by atoms with van der Waals surface area (Å²) < 4.78 is 12.6. The van der Waals surface area contributed by atoms with Crippen LogP contribution in [-0.4, -0.2) is 12.6 Å². The molecule has 3 aromatic rings. The standard InChI is InChI=1S/C38H46O3/c1-4-5-6-7-8-9-10-17-28-40-35-27-26-34(31-18-13-11-14-19-31)36(32-24-22-30(23-25-32)29(2)3)37(35)41-38(39)33-20-15-12-16-21-33/h11-16,18-21,24,26-27,30H,2,4-10,17,22-23,25,28H2,1,3H3/t30-/m1/s1. The smallest absolute Gasteiger partial charge is 0.343 e. The van der Waals surface area contributed by atoms with Gasteiger partial charge >= 0.3 is 5.97 Å². The molecule has 0 bridgehead atoms. The van der Waals surface area contributed by atoms with E-state index in [1.807, 2.05) is 42.5 Å². The molecule has 0 fully saturated rings. The first kappa shape index (κ1) is 30.4. The molecule has 41 heavy (non-hydrogen) atoms. The molecule has 216 valence electrons. The monoisotopic (exact) mass is 550 g/mol. The van der Waals surface area contributed by atoms with Crippen LogP contribution in [-0.2, 0) is 0 Å². The molecular formula is C38H46O3. The number of rotatable bonds is 15. The van der Waals surface area contributed by atoms with Crippen molar-refractivity contribution in [3.05, 3.63) is 102 Å². The molecule has 0 spiro atoms. The summed E-state index contributed by atoms with van der Waals surface area (Å²) in [6.45, 7) is 9.17. The summed E-state index contributed by atoms with van der Waals surface area (Å²) >= 11 is 0. The Morgan fingerprint density at radius 1 is 0.854 bits per heavy atom. The van der Waals surface area contributed by atoms with Gasteiger partial charge in [0.25, 0.3) is 0 Å². The van der Waals surface area contributed by atoms with E-state index >= 15 is 0 Å². The lowest BCUT2D eigenvalue weighted by Gasteiger charge is -2.26. The Morgan fingerprint density at radius 2 is 1.51 bits per heavy atom. The van der Waals surface area contributed by atoms with Crippen molar-refractivity contribution in [1.29, 1.82) is 0 Å². The first-order chi connectivity index (χ1) is 20.1. The molecule has 0 aliphatic heterocycles. The molecule has 3 aromatic carbocycles. The van der Waals surface area contributed by atoms with Crippen molar-refractivity contribution in [2.75, 3.05) is 6.61 Å². The van der Waals surface area contributed by atoms with E-state index in [2.05, 4.69) is 44.7 Å². The third kappa shape index (κ3) is 8.70. The van der Waals surface area contributed by atoms with Gasteiger partial charge in [-0.25, -0.2) is 4.79 Å². The van der Waals surface area contributed by atoms with Gasteiger partial charge in [0.2, 0.25) is 0 Å². The van der Waals surface area contributed by atoms with E-state index in [9.17, 15) is 4.79 Å². The van der Waals surface area contributed by atoms with Gasteiger partial charge in [-0.15, -0.1) is 0 Å². The van der Waals surface area contributed by atoms with Gasteiger partial charge in [0, 0.05) is 5.56 Å². The summed E-state index contributed by atoms with van der Waals surface area (Å²) in [6, 6.07) is 23.7. The van der Waals surface area contributed by atoms with Crippen LogP contribution in [0.5, 0.6) is 11.5 Å². The third-order valence-electron chi connectivity index (χ3n) is 8.10. The highest BCUT2D eigenvalue weighted by atomic mass is 16.6. The van der Waals surface area contributed by atoms with E-state index in [-0.39, 0.29) is 5.97 Å². The molecule has 0 saturated heterocycles. The molecule has 0 N–H and O–H groups in total. The lowest BCUT2D eigenvalue weighted by molar-refractivity contribution is 0.0727. The van der Waals surface area contributed by atoms with Gasteiger partial charge in [-0.3, -0.25) is 0 Å².